The second kappa shape index (κ2) is 5.75. The SMILES string of the molecule is COc1ccc(NC2=N[C@H]3CCC[C@H](Br)[C@@H]3S2)cc1. The summed E-state index contributed by atoms with van der Waals surface area (Å²) in [4.78, 5) is 5.40. The van der Waals surface area contributed by atoms with Crippen LogP contribution in [0.3, 0.4) is 0 Å². The van der Waals surface area contributed by atoms with Crippen LogP contribution in [0, 0.1) is 0 Å². The highest BCUT2D eigenvalue weighted by Gasteiger charge is 2.37. The van der Waals surface area contributed by atoms with Gasteiger partial charge in [0.05, 0.1) is 13.2 Å². The molecule has 3 atom stereocenters. The van der Waals surface area contributed by atoms with Crippen molar-refractivity contribution in [3.8, 4) is 5.75 Å². The lowest BCUT2D eigenvalue weighted by Crippen LogP contribution is -2.31. The number of rotatable bonds is 2. The number of halogens is 1. The number of hydrogen-bond acceptors (Lipinski definition) is 4. The first kappa shape index (κ1) is 13.3. The Labute approximate surface area is 126 Å². The predicted octanol–water partition coefficient (Wildman–Crippen LogP) is 3.89. The van der Waals surface area contributed by atoms with Gasteiger partial charge >= 0.3 is 0 Å². The molecule has 1 aliphatic heterocycles. The average Bonchev–Trinajstić information content (AvgIpc) is 2.84. The number of fused-ring (bicyclic) bond motifs is 1. The molecule has 0 spiro atoms. The Balaban J connectivity index is 1.67. The Morgan fingerprint density at radius 2 is 2.11 bits per heavy atom. The van der Waals surface area contributed by atoms with Crippen molar-refractivity contribution in [3.05, 3.63) is 24.3 Å². The zero-order valence-corrected chi connectivity index (χ0v) is 13.2. The van der Waals surface area contributed by atoms with Gasteiger partial charge in [-0.1, -0.05) is 34.1 Å². The van der Waals surface area contributed by atoms with E-state index in [1.54, 1.807) is 7.11 Å². The largest absolute Gasteiger partial charge is 0.497 e. The average molecular weight is 341 g/mol. The van der Waals surface area contributed by atoms with Crippen molar-refractivity contribution >= 4 is 38.5 Å². The summed E-state index contributed by atoms with van der Waals surface area (Å²) in [5.74, 6) is 0.876. The van der Waals surface area contributed by atoms with Crippen LogP contribution in [0.2, 0.25) is 0 Å². The van der Waals surface area contributed by atoms with Crippen LogP contribution in [0.25, 0.3) is 0 Å². The predicted molar refractivity (Wildman–Crippen MR) is 85.8 cm³/mol. The van der Waals surface area contributed by atoms with Crippen LogP contribution >= 0.6 is 27.7 Å². The number of nitrogens with zero attached hydrogens (tertiary/aromatic N) is 1. The van der Waals surface area contributed by atoms with Crippen LogP contribution in [0.1, 0.15) is 19.3 Å². The third kappa shape index (κ3) is 2.92. The van der Waals surface area contributed by atoms with Crippen molar-refractivity contribution in [2.75, 3.05) is 12.4 Å². The van der Waals surface area contributed by atoms with Gasteiger partial charge in [0.15, 0.2) is 5.17 Å². The highest BCUT2D eigenvalue weighted by molar-refractivity contribution is 9.09. The fraction of sp³-hybridized carbons (Fsp3) is 0.500. The fourth-order valence-electron chi connectivity index (χ4n) is 2.55. The van der Waals surface area contributed by atoms with Crippen molar-refractivity contribution in [2.24, 2.45) is 4.99 Å². The Kier molecular flexibility index (Phi) is 4.03. The Bertz CT molecular complexity index is 477. The van der Waals surface area contributed by atoms with Gasteiger partial charge in [0.25, 0.3) is 0 Å². The molecule has 102 valence electrons. The van der Waals surface area contributed by atoms with Crippen LogP contribution in [-0.2, 0) is 0 Å². The van der Waals surface area contributed by atoms with E-state index in [1.807, 2.05) is 36.0 Å². The van der Waals surface area contributed by atoms with Gasteiger partial charge < -0.3 is 10.1 Å². The summed E-state index contributed by atoms with van der Waals surface area (Å²) in [7, 11) is 1.68. The first-order chi connectivity index (χ1) is 9.26. The number of methoxy groups -OCH3 is 1. The fourth-order valence-corrected chi connectivity index (χ4v) is 4.82. The van der Waals surface area contributed by atoms with Gasteiger partial charge in [-0.05, 0) is 37.1 Å². The first-order valence-corrected chi connectivity index (χ1v) is 8.35. The van der Waals surface area contributed by atoms with E-state index in [1.165, 1.54) is 19.3 Å². The molecule has 0 aromatic heterocycles. The lowest BCUT2D eigenvalue weighted by Gasteiger charge is -2.27. The molecule has 1 N–H and O–H groups in total. The zero-order valence-electron chi connectivity index (χ0n) is 10.8. The number of hydrogen-bond donors (Lipinski definition) is 1. The highest BCUT2D eigenvalue weighted by Crippen LogP contribution is 2.40. The molecule has 0 saturated heterocycles. The van der Waals surface area contributed by atoms with E-state index in [0.29, 0.717) is 16.1 Å². The zero-order chi connectivity index (χ0) is 13.2. The smallest absolute Gasteiger partial charge is 0.161 e. The van der Waals surface area contributed by atoms with Crippen molar-refractivity contribution in [1.29, 1.82) is 0 Å². The van der Waals surface area contributed by atoms with Crippen LogP contribution in [0.4, 0.5) is 5.69 Å². The third-order valence-electron chi connectivity index (χ3n) is 3.59. The number of ether oxygens (including phenoxy) is 1. The van der Waals surface area contributed by atoms with Crippen LogP contribution < -0.4 is 10.1 Å². The lowest BCUT2D eigenvalue weighted by atomic mass is 9.95. The normalized spacial score (nSPS) is 29.6. The maximum absolute atomic E-state index is 5.16. The van der Waals surface area contributed by atoms with Crippen molar-refractivity contribution < 1.29 is 4.74 Å². The number of alkyl halides is 1. The third-order valence-corrected chi connectivity index (χ3v) is 6.31. The molecule has 1 aromatic rings. The minimum atomic E-state index is 0.476. The second-order valence-corrected chi connectivity index (χ2v) is 7.23. The molecule has 1 aromatic carbocycles. The van der Waals surface area contributed by atoms with Gasteiger partial charge in [0.2, 0.25) is 0 Å². The molecule has 1 fully saturated rings. The summed E-state index contributed by atoms with van der Waals surface area (Å²) in [5.41, 5.74) is 1.07. The van der Waals surface area contributed by atoms with Gasteiger partial charge in [-0.15, -0.1) is 0 Å². The topological polar surface area (TPSA) is 33.6 Å². The van der Waals surface area contributed by atoms with E-state index in [4.69, 9.17) is 9.73 Å². The van der Waals surface area contributed by atoms with E-state index in [2.05, 4.69) is 21.2 Å². The lowest BCUT2D eigenvalue weighted by molar-refractivity contribution is 0.415. The maximum Gasteiger partial charge on any atom is 0.161 e. The number of amidine groups is 1. The van der Waals surface area contributed by atoms with Gasteiger partial charge in [0, 0.05) is 15.8 Å². The monoisotopic (exact) mass is 340 g/mol. The molecule has 2 aliphatic rings. The van der Waals surface area contributed by atoms with Crippen LogP contribution in [0.5, 0.6) is 5.75 Å². The Morgan fingerprint density at radius 1 is 1.32 bits per heavy atom. The van der Waals surface area contributed by atoms with Gasteiger partial charge in [0.1, 0.15) is 5.75 Å². The van der Waals surface area contributed by atoms with E-state index in [0.717, 1.165) is 16.6 Å². The van der Waals surface area contributed by atoms with E-state index >= 15 is 0 Å². The molecule has 19 heavy (non-hydrogen) atoms. The summed E-state index contributed by atoms with van der Waals surface area (Å²) in [6.45, 7) is 0. The Morgan fingerprint density at radius 3 is 2.79 bits per heavy atom. The minimum absolute atomic E-state index is 0.476. The summed E-state index contributed by atoms with van der Waals surface area (Å²) >= 11 is 5.66. The van der Waals surface area contributed by atoms with Crippen molar-refractivity contribution in [3.63, 3.8) is 0 Å². The highest BCUT2D eigenvalue weighted by atomic mass is 79.9. The molecular formula is C14H17BrN2OS. The molecule has 3 rings (SSSR count). The molecule has 0 radical (unpaired) electrons. The van der Waals surface area contributed by atoms with E-state index < -0.39 is 0 Å². The molecule has 3 nitrogen and oxygen atoms in total. The standard InChI is InChI=1S/C14H17BrN2OS/c1-18-10-7-5-9(6-8-10)16-14-17-12-4-2-3-11(15)13(12)19-14/h5-8,11-13H,2-4H2,1H3,(H,16,17)/t11-,12-,13-/m0/s1. The van der Waals surface area contributed by atoms with E-state index in [9.17, 15) is 0 Å². The first-order valence-electron chi connectivity index (χ1n) is 6.56. The van der Waals surface area contributed by atoms with Crippen molar-refractivity contribution in [1.82, 2.24) is 0 Å². The number of anilines is 1. The molecular weight excluding hydrogens is 324 g/mol. The number of nitrogens with one attached hydrogen (secondary N) is 1. The number of thioether (sulfide) groups is 1. The molecule has 1 saturated carbocycles. The molecule has 0 unspecified atom stereocenters. The molecule has 1 heterocycles. The summed E-state index contributed by atoms with van der Waals surface area (Å²) < 4.78 is 5.16. The van der Waals surface area contributed by atoms with Crippen LogP contribution in [-0.4, -0.2) is 28.4 Å². The Hall–Kier alpha value is -0.680. The molecule has 5 heteroatoms. The minimum Gasteiger partial charge on any atom is -0.497 e. The van der Waals surface area contributed by atoms with Gasteiger partial charge in [-0.3, -0.25) is 4.99 Å². The molecule has 1 aliphatic carbocycles. The van der Waals surface area contributed by atoms with Crippen molar-refractivity contribution in [2.45, 2.75) is 35.4 Å². The second-order valence-electron chi connectivity index (χ2n) is 4.88. The van der Waals surface area contributed by atoms with Crippen LogP contribution in [0.15, 0.2) is 29.3 Å². The summed E-state index contributed by atoms with van der Waals surface area (Å²) in [5, 5.41) is 5.05. The number of aliphatic imine (C=N–C) groups is 1. The van der Waals surface area contributed by atoms with Gasteiger partial charge in [-0.25, -0.2) is 0 Å². The maximum atomic E-state index is 5.16. The molecule has 0 amide bonds. The van der Waals surface area contributed by atoms with Gasteiger partial charge in [-0.2, -0.15) is 0 Å². The summed E-state index contributed by atoms with van der Waals surface area (Å²) in [6.07, 6.45) is 3.75. The number of benzene rings is 1. The quantitative estimate of drug-likeness (QED) is 0.829. The van der Waals surface area contributed by atoms with E-state index in [-0.39, 0.29) is 0 Å². The summed E-state index contributed by atoms with van der Waals surface area (Å²) in [6, 6.07) is 8.44. The molecule has 0 bridgehead atoms.